The molecule has 2 saturated carbocycles. The van der Waals surface area contributed by atoms with Crippen molar-refractivity contribution in [2.24, 2.45) is 0 Å². The van der Waals surface area contributed by atoms with E-state index >= 15 is 0 Å². The SMILES string of the molecule is CSC1(Cn2c(=O)[nH]c(Cl)c(C3CCCC3)c2=O)CCC1. The molecule has 2 aliphatic carbocycles. The molecule has 0 atom stereocenters. The monoisotopic (exact) mass is 328 g/mol. The fourth-order valence-electron chi connectivity index (χ4n) is 3.56. The number of nitrogens with one attached hydrogen (secondary N) is 1. The molecule has 0 aromatic carbocycles. The van der Waals surface area contributed by atoms with E-state index in [0.717, 1.165) is 38.5 Å². The molecule has 0 unspecified atom stereocenters. The summed E-state index contributed by atoms with van der Waals surface area (Å²) in [5, 5.41) is 0.250. The van der Waals surface area contributed by atoms with Gasteiger partial charge in [-0.15, -0.1) is 0 Å². The summed E-state index contributed by atoms with van der Waals surface area (Å²) < 4.78 is 1.44. The molecular weight excluding hydrogens is 308 g/mol. The fraction of sp³-hybridized carbons (Fsp3) is 0.733. The Bertz CT molecular complexity index is 637. The summed E-state index contributed by atoms with van der Waals surface area (Å²) in [5.74, 6) is 0.208. The smallest absolute Gasteiger partial charge is 0.297 e. The van der Waals surface area contributed by atoms with Crippen LogP contribution in [0.4, 0.5) is 0 Å². The summed E-state index contributed by atoms with van der Waals surface area (Å²) in [5.41, 5.74) is 0.0902. The molecule has 21 heavy (non-hydrogen) atoms. The molecule has 0 bridgehead atoms. The molecule has 4 nitrogen and oxygen atoms in total. The van der Waals surface area contributed by atoms with E-state index in [9.17, 15) is 9.59 Å². The first-order chi connectivity index (χ1) is 10.1. The van der Waals surface area contributed by atoms with Gasteiger partial charge in [0.2, 0.25) is 0 Å². The molecule has 0 radical (unpaired) electrons. The predicted octanol–water partition coefficient (Wildman–Crippen LogP) is 3.13. The van der Waals surface area contributed by atoms with Gasteiger partial charge in [-0.25, -0.2) is 4.79 Å². The number of aromatic amines is 1. The zero-order valence-corrected chi connectivity index (χ0v) is 13.9. The van der Waals surface area contributed by atoms with Gasteiger partial charge in [-0.2, -0.15) is 11.8 Å². The van der Waals surface area contributed by atoms with Crippen molar-refractivity contribution in [2.45, 2.75) is 62.2 Å². The molecule has 0 aliphatic heterocycles. The fourth-order valence-corrected chi connectivity index (χ4v) is 4.83. The molecule has 0 amide bonds. The van der Waals surface area contributed by atoms with E-state index in [1.807, 2.05) is 0 Å². The van der Waals surface area contributed by atoms with E-state index in [1.165, 1.54) is 11.0 Å². The second-order valence-electron chi connectivity index (χ2n) is 6.27. The number of nitrogens with zero attached hydrogens (tertiary/aromatic N) is 1. The molecule has 0 saturated heterocycles. The Hall–Kier alpha value is -0.680. The van der Waals surface area contributed by atoms with E-state index in [-0.39, 0.29) is 27.1 Å². The lowest BCUT2D eigenvalue weighted by Crippen LogP contribution is -2.47. The van der Waals surface area contributed by atoms with Crippen molar-refractivity contribution in [3.63, 3.8) is 0 Å². The van der Waals surface area contributed by atoms with Crippen molar-refractivity contribution in [1.29, 1.82) is 0 Å². The molecule has 6 heteroatoms. The zero-order valence-electron chi connectivity index (χ0n) is 12.3. The molecular formula is C15H21ClN2O2S. The van der Waals surface area contributed by atoms with Gasteiger partial charge in [0.05, 0.1) is 5.56 Å². The molecule has 1 aromatic heterocycles. The second-order valence-corrected chi connectivity index (χ2v) is 7.92. The van der Waals surface area contributed by atoms with Crippen LogP contribution in [0.1, 0.15) is 56.4 Å². The van der Waals surface area contributed by atoms with Gasteiger partial charge in [0.1, 0.15) is 5.15 Å². The lowest BCUT2D eigenvalue weighted by molar-refractivity contribution is 0.312. The van der Waals surface area contributed by atoms with Crippen LogP contribution in [0.3, 0.4) is 0 Å². The van der Waals surface area contributed by atoms with Crippen LogP contribution in [0.25, 0.3) is 0 Å². The van der Waals surface area contributed by atoms with Gasteiger partial charge >= 0.3 is 5.69 Å². The largest absolute Gasteiger partial charge is 0.329 e. The topological polar surface area (TPSA) is 54.9 Å². The zero-order chi connectivity index (χ0) is 15.0. The number of halogens is 1. The maximum absolute atomic E-state index is 12.8. The van der Waals surface area contributed by atoms with Gasteiger partial charge in [0.15, 0.2) is 0 Å². The van der Waals surface area contributed by atoms with E-state index in [4.69, 9.17) is 11.6 Å². The van der Waals surface area contributed by atoms with E-state index in [2.05, 4.69) is 11.2 Å². The first-order valence-electron chi connectivity index (χ1n) is 7.64. The Kier molecular flexibility index (Phi) is 4.23. The first-order valence-corrected chi connectivity index (χ1v) is 9.24. The molecule has 1 heterocycles. The normalized spacial score (nSPS) is 21.4. The van der Waals surface area contributed by atoms with Crippen molar-refractivity contribution >= 4 is 23.4 Å². The van der Waals surface area contributed by atoms with Crippen LogP contribution >= 0.6 is 23.4 Å². The van der Waals surface area contributed by atoms with Crippen molar-refractivity contribution in [3.05, 3.63) is 31.6 Å². The minimum Gasteiger partial charge on any atom is -0.297 e. The predicted molar refractivity (Wildman–Crippen MR) is 87.6 cm³/mol. The van der Waals surface area contributed by atoms with Gasteiger partial charge in [-0.1, -0.05) is 30.9 Å². The van der Waals surface area contributed by atoms with Gasteiger partial charge in [-0.05, 0) is 37.9 Å². The average Bonchev–Trinajstić information content (AvgIpc) is 2.90. The Morgan fingerprint density at radius 3 is 2.48 bits per heavy atom. The highest BCUT2D eigenvalue weighted by molar-refractivity contribution is 8.00. The minimum absolute atomic E-state index is 0.0532. The van der Waals surface area contributed by atoms with Crippen molar-refractivity contribution in [3.8, 4) is 0 Å². The Morgan fingerprint density at radius 2 is 1.95 bits per heavy atom. The summed E-state index contributed by atoms with van der Waals surface area (Å²) in [6.45, 7) is 0.499. The number of rotatable bonds is 4. The lowest BCUT2D eigenvalue weighted by atomic mass is 9.84. The highest BCUT2D eigenvalue weighted by atomic mass is 35.5. The molecule has 1 aromatic rings. The lowest BCUT2D eigenvalue weighted by Gasteiger charge is -2.40. The first kappa shape index (κ1) is 15.2. The second kappa shape index (κ2) is 5.84. The molecule has 116 valence electrons. The maximum Gasteiger partial charge on any atom is 0.329 e. The van der Waals surface area contributed by atoms with Gasteiger partial charge in [-0.3, -0.25) is 14.3 Å². The van der Waals surface area contributed by atoms with Crippen molar-refractivity contribution in [2.75, 3.05) is 6.26 Å². The maximum atomic E-state index is 12.8. The summed E-state index contributed by atoms with van der Waals surface area (Å²) >= 11 is 7.93. The van der Waals surface area contributed by atoms with E-state index in [1.54, 1.807) is 11.8 Å². The molecule has 0 spiro atoms. The Morgan fingerprint density at radius 1 is 1.29 bits per heavy atom. The van der Waals surface area contributed by atoms with Gasteiger partial charge < -0.3 is 0 Å². The quantitative estimate of drug-likeness (QED) is 0.864. The average molecular weight is 329 g/mol. The van der Waals surface area contributed by atoms with Crippen LogP contribution in [-0.2, 0) is 6.54 Å². The Balaban J connectivity index is 2.02. The third-order valence-electron chi connectivity index (χ3n) is 5.08. The van der Waals surface area contributed by atoms with Crippen LogP contribution in [0.2, 0.25) is 5.15 Å². The van der Waals surface area contributed by atoms with E-state index < -0.39 is 0 Å². The van der Waals surface area contributed by atoms with Gasteiger partial charge in [0.25, 0.3) is 5.56 Å². The van der Waals surface area contributed by atoms with Crippen molar-refractivity contribution < 1.29 is 0 Å². The van der Waals surface area contributed by atoms with Gasteiger partial charge in [0, 0.05) is 11.3 Å². The molecule has 3 rings (SSSR count). The highest BCUT2D eigenvalue weighted by Gasteiger charge is 2.38. The number of hydrogen-bond acceptors (Lipinski definition) is 3. The van der Waals surface area contributed by atoms with Crippen molar-refractivity contribution in [1.82, 2.24) is 9.55 Å². The number of hydrogen-bond donors (Lipinski definition) is 1. The summed E-state index contributed by atoms with van der Waals surface area (Å²) in [6, 6.07) is 0. The molecule has 2 fully saturated rings. The van der Waals surface area contributed by atoms with Crippen LogP contribution in [0, 0.1) is 0 Å². The summed E-state index contributed by atoms with van der Waals surface area (Å²) in [7, 11) is 0. The summed E-state index contributed by atoms with van der Waals surface area (Å²) in [4.78, 5) is 27.6. The van der Waals surface area contributed by atoms with Crippen LogP contribution < -0.4 is 11.2 Å². The number of aromatic nitrogens is 2. The molecule has 2 aliphatic rings. The standard InChI is InChI=1S/C15H21ClN2O2S/c1-21-15(7-4-8-15)9-18-13(19)11(10-5-2-3-6-10)12(16)17-14(18)20/h10H,2-9H2,1H3,(H,17,20). The minimum atomic E-state index is -0.368. The highest BCUT2D eigenvalue weighted by Crippen LogP contribution is 2.43. The number of H-pyrrole nitrogens is 1. The van der Waals surface area contributed by atoms with Crippen LogP contribution in [0.15, 0.2) is 9.59 Å². The number of thioether (sulfide) groups is 1. The molecule has 1 N–H and O–H groups in total. The summed E-state index contributed by atoms with van der Waals surface area (Å²) in [6.07, 6.45) is 9.64. The third-order valence-corrected chi connectivity index (χ3v) is 6.78. The third kappa shape index (κ3) is 2.70. The van der Waals surface area contributed by atoms with Crippen LogP contribution in [0.5, 0.6) is 0 Å². The van der Waals surface area contributed by atoms with E-state index in [0.29, 0.717) is 12.1 Å². The van der Waals surface area contributed by atoms with Crippen LogP contribution in [-0.4, -0.2) is 20.6 Å². The Labute approximate surface area is 133 Å².